The molecule has 4 N–H and O–H groups in total. The van der Waals surface area contributed by atoms with Gasteiger partial charge in [0.05, 0.1) is 18.3 Å². The molecular formula is C42H75NaO7. The Labute approximate surface area is 327 Å². The van der Waals surface area contributed by atoms with E-state index in [9.17, 15) is 30.0 Å². The number of carboxylic acid groups (broad SMARTS) is 2. The number of hydrogen-bond acceptors (Lipinski definition) is 6. The molecule has 3 unspecified atom stereocenters. The van der Waals surface area contributed by atoms with Crippen LogP contribution in [0.4, 0.5) is 0 Å². The van der Waals surface area contributed by atoms with E-state index in [0.717, 1.165) is 57.8 Å². The Morgan fingerprint density at radius 1 is 0.740 bits per heavy atom. The van der Waals surface area contributed by atoms with Crippen LogP contribution in [0.25, 0.3) is 0 Å². The topological polar surface area (TPSA) is 138 Å². The number of carbonyl (C=O) groups is 2. The third kappa shape index (κ3) is 12.7. The predicted octanol–water partition coefficient (Wildman–Crippen LogP) is 5.45. The van der Waals surface area contributed by atoms with Gasteiger partial charge in [-0.05, 0) is 111 Å². The normalized spacial score (nSPS) is 35.0. The Hall–Kier alpha value is -0.180. The first-order chi connectivity index (χ1) is 23.4. The second-order valence-electron chi connectivity index (χ2n) is 17.5. The predicted molar refractivity (Wildman–Crippen MR) is 195 cm³/mol. The number of rotatable bonds is 20. The Bertz CT molecular complexity index is 978. The van der Waals surface area contributed by atoms with E-state index >= 15 is 0 Å². The number of aliphatic carboxylic acids is 2. The van der Waals surface area contributed by atoms with Gasteiger partial charge in [0.2, 0.25) is 0 Å². The van der Waals surface area contributed by atoms with Crippen LogP contribution in [-0.4, -0.2) is 50.7 Å². The van der Waals surface area contributed by atoms with Gasteiger partial charge in [-0.2, -0.15) is 0 Å². The van der Waals surface area contributed by atoms with Crippen LogP contribution in [0.15, 0.2) is 0 Å². The van der Waals surface area contributed by atoms with Gasteiger partial charge in [-0.1, -0.05) is 118 Å². The Kier molecular flexibility index (Phi) is 21.1. The molecule has 0 radical (unpaired) electrons. The van der Waals surface area contributed by atoms with Crippen LogP contribution in [0.2, 0.25) is 0 Å². The van der Waals surface area contributed by atoms with Gasteiger partial charge in [-0.25, -0.2) is 0 Å². The summed E-state index contributed by atoms with van der Waals surface area (Å²) in [6.45, 7) is 8.99. The number of aliphatic hydroxyl groups excluding tert-OH is 3. The van der Waals surface area contributed by atoms with Crippen molar-refractivity contribution in [2.45, 2.75) is 207 Å². The van der Waals surface area contributed by atoms with Crippen LogP contribution >= 0.6 is 0 Å². The molecule has 4 aliphatic carbocycles. The Balaban J connectivity index is 0.000000367. The Morgan fingerprint density at radius 3 is 1.80 bits per heavy atom. The molecule has 0 amide bonds. The van der Waals surface area contributed by atoms with E-state index in [-0.39, 0.29) is 77.3 Å². The number of carbonyl (C=O) groups excluding carboxylic acids is 1. The zero-order valence-electron chi connectivity index (χ0n) is 32.9. The molecule has 0 saturated heterocycles. The van der Waals surface area contributed by atoms with Crippen molar-refractivity contribution in [2.24, 2.45) is 46.3 Å². The van der Waals surface area contributed by atoms with E-state index in [1.807, 2.05) is 0 Å². The van der Waals surface area contributed by atoms with Crippen molar-refractivity contribution < 1.29 is 64.7 Å². The average molecular weight is 715 g/mol. The van der Waals surface area contributed by atoms with Crippen LogP contribution in [0.3, 0.4) is 0 Å². The molecule has 50 heavy (non-hydrogen) atoms. The first-order valence-corrected chi connectivity index (χ1v) is 20.8. The summed E-state index contributed by atoms with van der Waals surface area (Å²) in [4.78, 5) is 21.3. The summed E-state index contributed by atoms with van der Waals surface area (Å²) in [5.74, 6) is 0.0944. The summed E-state index contributed by atoms with van der Waals surface area (Å²) in [7, 11) is 0. The molecule has 7 nitrogen and oxygen atoms in total. The SMILES string of the molecule is CCCCCCCCCCCCCCCCCC(=O)[O-].C[C@H](CCC(=O)O)[C@H]1CCC2C3C(C[C@H](O)[C@@]21C)[C@@]1(C)CC[C@@H](O)C[C@H]1C[C@H]3O.[Na+]. The second-order valence-corrected chi connectivity index (χ2v) is 17.5. The van der Waals surface area contributed by atoms with E-state index < -0.39 is 18.0 Å². The van der Waals surface area contributed by atoms with Crippen LogP contribution in [0.1, 0.15) is 188 Å². The summed E-state index contributed by atoms with van der Waals surface area (Å²) in [6.07, 6.45) is 25.9. The first kappa shape index (κ1) is 46.0. The number of hydrogen-bond donors (Lipinski definition) is 4. The van der Waals surface area contributed by atoms with Gasteiger partial charge in [0, 0.05) is 12.4 Å². The summed E-state index contributed by atoms with van der Waals surface area (Å²) in [6, 6.07) is 0. The standard InChI is InChI=1S/C24H40O5.C18H36O2.Na/c1-13(4-7-21(28)29)16-5-6-17-22-18(12-20(27)24(16,17)3)23(2)9-8-15(25)10-14(23)11-19(22)26;1-2-3-4-5-6-7-8-9-10-11-12-13-14-15-16-17-18(19)20;/h13-20,22,25-27H,4-12H2,1-3H3,(H,28,29);2-17H2,1H3,(H,19,20);/q;;+1/p-1/t13-,14+,15-,16-,17?,18?,19-,20+,22?,23+,24-;;/m1../s1. The molecule has 8 heteroatoms. The fourth-order valence-electron chi connectivity index (χ4n) is 11.3. The van der Waals surface area contributed by atoms with Crippen molar-refractivity contribution >= 4 is 11.9 Å². The average Bonchev–Trinajstić information content (AvgIpc) is 3.41. The molecule has 286 valence electrons. The van der Waals surface area contributed by atoms with Gasteiger partial charge in [-0.3, -0.25) is 4.79 Å². The maximum absolute atomic E-state index is 11.5. The maximum atomic E-state index is 11.5. The van der Waals surface area contributed by atoms with E-state index in [4.69, 9.17) is 5.11 Å². The number of aliphatic hydroxyl groups is 3. The van der Waals surface area contributed by atoms with Crippen molar-refractivity contribution in [1.82, 2.24) is 0 Å². The van der Waals surface area contributed by atoms with Crippen LogP contribution < -0.4 is 34.7 Å². The molecule has 0 bridgehead atoms. The molecule has 0 aliphatic heterocycles. The fourth-order valence-corrected chi connectivity index (χ4v) is 11.3. The quantitative estimate of drug-likeness (QED) is 0.0973. The van der Waals surface area contributed by atoms with Crippen LogP contribution in [0.5, 0.6) is 0 Å². The van der Waals surface area contributed by atoms with Gasteiger partial charge in [0.1, 0.15) is 0 Å². The maximum Gasteiger partial charge on any atom is 1.00 e. The first-order valence-electron chi connectivity index (χ1n) is 20.8. The molecule has 4 aliphatic rings. The largest absolute Gasteiger partial charge is 1.00 e. The zero-order valence-corrected chi connectivity index (χ0v) is 34.9. The van der Waals surface area contributed by atoms with Gasteiger partial charge in [-0.15, -0.1) is 0 Å². The van der Waals surface area contributed by atoms with E-state index in [2.05, 4.69) is 27.7 Å². The Morgan fingerprint density at radius 2 is 1.28 bits per heavy atom. The third-order valence-electron chi connectivity index (χ3n) is 14.3. The molecule has 4 saturated carbocycles. The zero-order chi connectivity index (χ0) is 36.0. The van der Waals surface area contributed by atoms with Crippen molar-refractivity contribution in [1.29, 1.82) is 0 Å². The third-order valence-corrected chi connectivity index (χ3v) is 14.3. The minimum atomic E-state index is -0.903. The van der Waals surface area contributed by atoms with Crippen LogP contribution in [-0.2, 0) is 9.59 Å². The van der Waals surface area contributed by atoms with E-state index in [0.29, 0.717) is 30.1 Å². The molecule has 0 aromatic heterocycles. The van der Waals surface area contributed by atoms with Crippen molar-refractivity contribution in [3.8, 4) is 0 Å². The molecule has 11 atom stereocenters. The number of unbranched alkanes of at least 4 members (excludes halogenated alkanes) is 14. The molecule has 0 heterocycles. The molecular weight excluding hydrogens is 639 g/mol. The summed E-state index contributed by atoms with van der Waals surface area (Å²) in [5, 5.41) is 52.2. The number of carboxylic acids is 2. The number of fused-ring (bicyclic) bond motifs is 5. The van der Waals surface area contributed by atoms with E-state index in [1.165, 1.54) is 83.5 Å². The van der Waals surface area contributed by atoms with E-state index in [1.54, 1.807) is 0 Å². The van der Waals surface area contributed by atoms with Gasteiger partial charge < -0.3 is 30.3 Å². The smallest absolute Gasteiger partial charge is 0.550 e. The van der Waals surface area contributed by atoms with Gasteiger partial charge in [0.15, 0.2) is 0 Å². The van der Waals surface area contributed by atoms with Gasteiger partial charge >= 0.3 is 35.5 Å². The van der Waals surface area contributed by atoms with Crippen molar-refractivity contribution in [2.75, 3.05) is 0 Å². The minimum Gasteiger partial charge on any atom is -0.550 e. The molecule has 4 fully saturated rings. The summed E-state index contributed by atoms with van der Waals surface area (Å²) in [5.41, 5.74) is -0.143. The second kappa shape index (κ2) is 22.9. The fraction of sp³-hybridized carbons (Fsp3) is 0.952. The van der Waals surface area contributed by atoms with Crippen molar-refractivity contribution in [3.05, 3.63) is 0 Å². The minimum absolute atomic E-state index is 0. The van der Waals surface area contributed by atoms with Crippen molar-refractivity contribution in [3.63, 3.8) is 0 Å². The summed E-state index contributed by atoms with van der Waals surface area (Å²) < 4.78 is 0. The molecule has 0 aromatic carbocycles. The monoisotopic (exact) mass is 715 g/mol. The molecule has 4 rings (SSSR count). The molecule has 0 aromatic rings. The summed E-state index contributed by atoms with van der Waals surface area (Å²) >= 11 is 0. The van der Waals surface area contributed by atoms with Gasteiger partial charge in [0.25, 0.3) is 0 Å². The molecule has 0 spiro atoms. The van der Waals surface area contributed by atoms with Crippen LogP contribution in [0, 0.1) is 46.3 Å².